The number of aromatic nitrogens is 2. The van der Waals surface area contributed by atoms with Crippen molar-refractivity contribution in [1.82, 2.24) is 20.0 Å². The van der Waals surface area contributed by atoms with Crippen molar-refractivity contribution in [2.45, 2.75) is 18.4 Å². The second kappa shape index (κ2) is 8.53. The molecule has 0 bridgehead atoms. The predicted octanol–water partition coefficient (Wildman–Crippen LogP) is 1.33. The summed E-state index contributed by atoms with van der Waals surface area (Å²) in [5.74, 6) is 0.585. The number of aryl methyl sites for hydroxylation is 1. The Hall–Kier alpha value is -2.39. The van der Waals surface area contributed by atoms with Crippen molar-refractivity contribution in [2.24, 2.45) is 7.05 Å². The molecule has 2 amide bonds. The maximum absolute atomic E-state index is 12.9. The number of carbonyl (C=O) groups is 2. The van der Waals surface area contributed by atoms with Gasteiger partial charge in [0.1, 0.15) is 11.4 Å². The van der Waals surface area contributed by atoms with Gasteiger partial charge >= 0.3 is 0 Å². The molecule has 2 aromatic rings. The summed E-state index contributed by atoms with van der Waals surface area (Å²) < 4.78 is 6.71. The smallest absolute Gasteiger partial charge is 0.263 e. The molecule has 3 rings (SSSR count). The van der Waals surface area contributed by atoms with Crippen LogP contribution < -0.4 is 10.6 Å². The van der Waals surface area contributed by atoms with Gasteiger partial charge in [-0.1, -0.05) is 6.07 Å². The van der Waals surface area contributed by atoms with Gasteiger partial charge in [-0.05, 0) is 24.3 Å². The zero-order valence-electron chi connectivity index (χ0n) is 15.6. The third kappa shape index (κ3) is 4.48. The Morgan fingerprint density at radius 2 is 2.11 bits per heavy atom. The number of ether oxygens (including phenoxy) is 1. The Morgan fingerprint density at radius 3 is 2.70 bits per heavy atom. The lowest BCUT2D eigenvalue weighted by molar-refractivity contribution is -0.127. The molecule has 27 heavy (non-hydrogen) atoms. The normalized spacial score (nSPS) is 16.1. The predicted molar refractivity (Wildman–Crippen MR) is 104 cm³/mol. The first-order valence-corrected chi connectivity index (χ1v) is 9.80. The highest BCUT2D eigenvalue weighted by atomic mass is 32.1. The lowest BCUT2D eigenvalue weighted by Crippen LogP contribution is -2.59. The molecule has 0 spiro atoms. The fraction of sp³-hybridized carbons (Fsp3) is 0.500. The number of piperidine rings is 1. The Morgan fingerprint density at radius 1 is 1.33 bits per heavy atom. The van der Waals surface area contributed by atoms with Crippen molar-refractivity contribution in [3.8, 4) is 0 Å². The van der Waals surface area contributed by atoms with E-state index in [1.807, 2.05) is 41.7 Å². The van der Waals surface area contributed by atoms with Crippen LogP contribution in [0.5, 0.6) is 0 Å². The van der Waals surface area contributed by atoms with E-state index in [0.717, 1.165) is 4.88 Å². The van der Waals surface area contributed by atoms with E-state index in [1.54, 1.807) is 11.8 Å². The molecule has 0 aromatic carbocycles. The minimum Gasteiger partial charge on any atom is -0.383 e. The zero-order chi connectivity index (χ0) is 19.3. The summed E-state index contributed by atoms with van der Waals surface area (Å²) in [4.78, 5) is 28.1. The molecule has 1 saturated heterocycles. The number of methoxy groups -OCH3 is 1. The van der Waals surface area contributed by atoms with Gasteiger partial charge in [-0.25, -0.2) is 0 Å². The van der Waals surface area contributed by atoms with Crippen LogP contribution in [0.4, 0.5) is 5.82 Å². The summed E-state index contributed by atoms with van der Waals surface area (Å²) in [7, 11) is 3.43. The van der Waals surface area contributed by atoms with E-state index in [2.05, 4.69) is 15.7 Å². The quantitative estimate of drug-likeness (QED) is 0.695. The van der Waals surface area contributed by atoms with Gasteiger partial charge in [0, 0.05) is 46.1 Å². The van der Waals surface area contributed by atoms with E-state index in [0.29, 0.717) is 44.9 Å². The Balaban J connectivity index is 1.71. The fourth-order valence-corrected chi connectivity index (χ4v) is 3.91. The molecule has 0 unspecified atom stereocenters. The minimum atomic E-state index is -0.797. The van der Waals surface area contributed by atoms with E-state index < -0.39 is 5.54 Å². The molecule has 0 aliphatic carbocycles. The van der Waals surface area contributed by atoms with E-state index in [1.165, 1.54) is 11.3 Å². The maximum atomic E-state index is 12.9. The second-order valence-corrected chi connectivity index (χ2v) is 7.55. The average Bonchev–Trinajstić information content (AvgIpc) is 3.34. The van der Waals surface area contributed by atoms with Crippen molar-refractivity contribution < 1.29 is 14.3 Å². The number of thiophene rings is 1. The van der Waals surface area contributed by atoms with Crippen LogP contribution in [0.1, 0.15) is 22.5 Å². The van der Waals surface area contributed by atoms with E-state index in [-0.39, 0.29) is 11.8 Å². The molecule has 2 aromatic heterocycles. The van der Waals surface area contributed by atoms with Crippen LogP contribution in [0, 0.1) is 0 Å². The summed E-state index contributed by atoms with van der Waals surface area (Å²) in [6.07, 6.45) is 2.85. The van der Waals surface area contributed by atoms with E-state index >= 15 is 0 Å². The summed E-state index contributed by atoms with van der Waals surface area (Å²) in [5, 5.41) is 12.5. The molecule has 0 radical (unpaired) electrons. The summed E-state index contributed by atoms with van der Waals surface area (Å²) in [6.45, 7) is 1.91. The van der Waals surface area contributed by atoms with Crippen LogP contribution in [0.15, 0.2) is 29.8 Å². The van der Waals surface area contributed by atoms with Gasteiger partial charge in [-0.3, -0.25) is 14.3 Å². The molecular formula is C18H25N5O3S. The van der Waals surface area contributed by atoms with Gasteiger partial charge in [0.05, 0.1) is 11.5 Å². The number of nitrogens with one attached hydrogen (secondary N) is 2. The minimum absolute atomic E-state index is 0.0243. The third-order valence-electron chi connectivity index (χ3n) is 4.74. The monoisotopic (exact) mass is 391 g/mol. The van der Waals surface area contributed by atoms with Gasteiger partial charge in [0.15, 0.2) is 0 Å². The summed E-state index contributed by atoms with van der Waals surface area (Å²) >= 11 is 1.44. The van der Waals surface area contributed by atoms with Crippen molar-refractivity contribution in [3.05, 3.63) is 34.7 Å². The number of hydrogen-bond acceptors (Lipinski definition) is 6. The molecule has 1 fully saturated rings. The number of carbonyl (C=O) groups excluding carboxylic acids is 2. The number of likely N-dealkylation sites (tertiary alicyclic amines) is 1. The number of anilines is 1. The first-order valence-electron chi connectivity index (χ1n) is 8.92. The third-order valence-corrected chi connectivity index (χ3v) is 5.60. The van der Waals surface area contributed by atoms with Gasteiger partial charge in [-0.15, -0.1) is 11.3 Å². The molecule has 2 N–H and O–H groups in total. The van der Waals surface area contributed by atoms with Crippen LogP contribution in [-0.4, -0.2) is 65.4 Å². The van der Waals surface area contributed by atoms with Crippen LogP contribution >= 0.6 is 11.3 Å². The molecule has 146 valence electrons. The van der Waals surface area contributed by atoms with Crippen LogP contribution in [0.2, 0.25) is 0 Å². The molecule has 1 aliphatic rings. The molecule has 0 atom stereocenters. The number of rotatable bonds is 7. The lowest BCUT2D eigenvalue weighted by Gasteiger charge is -2.41. The van der Waals surface area contributed by atoms with Crippen molar-refractivity contribution in [2.75, 3.05) is 38.7 Å². The van der Waals surface area contributed by atoms with E-state index in [9.17, 15) is 9.59 Å². The Labute approximate surface area is 162 Å². The number of hydrogen-bond donors (Lipinski definition) is 2. The van der Waals surface area contributed by atoms with Gasteiger partial charge in [0.2, 0.25) is 5.91 Å². The first-order chi connectivity index (χ1) is 13.0. The Kier molecular flexibility index (Phi) is 6.12. The largest absolute Gasteiger partial charge is 0.383 e. The number of nitrogens with zero attached hydrogens (tertiary/aromatic N) is 3. The molecule has 0 saturated carbocycles. The average molecular weight is 391 g/mol. The van der Waals surface area contributed by atoms with Crippen molar-refractivity contribution in [3.63, 3.8) is 0 Å². The van der Waals surface area contributed by atoms with Crippen LogP contribution in [-0.2, 0) is 16.6 Å². The molecule has 3 heterocycles. The van der Waals surface area contributed by atoms with Gasteiger partial charge in [-0.2, -0.15) is 5.10 Å². The first kappa shape index (κ1) is 19.4. The topological polar surface area (TPSA) is 88.5 Å². The fourth-order valence-electron chi connectivity index (χ4n) is 3.22. The second-order valence-electron chi connectivity index (χ2n) is 6.60. The maximum Gasteiger partial charge on any atom is 0.263 e. The molecule has 1 aliphatic heterocycles. The highest BCUT2D eigenvalue weighted by molar-refractivity contribution is 7.12. The SMILES string of the molecule is COCCNC(=O)C1(Nc2ccn(C)n2)CCN(C(=O)c2cccs2)CC1. The summed E-state index contributed by atoms with van der Waals surface area (Å²) in [6, 6.07) is 5.55. The molecule has 8 nitrogen and oxygen atoms in total. The highest BCUT2D eigenvalue weighted by Gasteiger charge is 2.42. The summed E-state index contributed by atoms with van der Waals surface area (Å²) in [5.41, 5.74) is -0.797. The Bertz CT molecular complexity index is 766. The molecule has 9 heteroatoms. The van der Waals surface area contributed by atoms with Crippen molar-refractivity contribution in [1.29, 1.82) is 0 Å². The lowest BCUT2D eigenvalue weighted by atomic mass is 9.86. The van der Waals surface area contributed by atoms with Gasteiger partial charge < -0.3 is 20.3 Å². The zero-order valence-corrected chi connectivity index (χ0v) is 16.4. The molecular weight excluding hydrogens is 366 g/mol. The highest BCUT2D eigenvalue weighted by Crippen LogP contribution is 2.28. The van der Waals surface area contributed by atoms with Crippen LogP contribution in [0.3, 0.4) is 0 Å². The standard InChI is InChI=1S/C18H25N5O3S/c1-22-9-5-15(21-22)20-18(17(25)19-8-12-26-2)6-10-23(11-7-18)16(24)14-4-3-13-27-14/h3-5,9,13H,6-8,10-12H2,1-2H3,(H,19,25)(H,20,21). The number of amides is 2. The van der Waals surface area contributed by atoms with Crippen molar-refractivity contribution >= 4 is 29.0 Å². The van der Waals surface area contributed by atoms with Gasteiger partial charge in [0.25, 0.3) is 5.91 Å². The van der Waals surface area contributed by atoms with Crippen LogP contribution in [0.25, 0.3) is 0 Å². The van der Waals surface area contributed by atoms with E-state index in [4.69, 9.17) is 4.74 Å².